The molecule has 2 aromatic rings. The Morgan fingerprint density at radius 2 is 2.21 bits per heavy atom. The van der Waals surface area contributed by atoms with Crippen LogP contribution in [0.2, 0.25) is 0 Å². The van der Waals surface area contributed by atoms with Gasteiger partial charge in [-0.15, -0.1) is 0 Å². The Labute approximate surface area is 110 Å². The molecule has 2 rings (SSSR count). The summed E-state index contributed by atoms with van der Waals surface area (Å²) in [5.41, 5.74) is 6.58. The number of rotatable bonds is 3. The number of anilines is 1. The second-order valence-corrected chi connectivity index (χ2v) is 5.55. The molecular weight excluding hydrogens is 266 g/mol. The molecule has 1 aromatic heterocycles. The van der Waals surface area contributed by atoms with Crippen LogP contribution < -0.4 is 10.5 Å². The number of nitrogens with zero attached hydrogens (tertiary/aromatic N) is 3. The minimum absolute atomic E-state index is 0.0647. The topological polar surface area (TPSA) is 114 Å². The van der Waals surface area contributed by atoms with Gasteiger partial charge in [0, 0.05) is 12.4 Å². The maximum atomic E-state index is 11.6. The molecule has 0 aliphatic rings. The quantitative estimate of drug-likeness (QED) is 0.780. The predicted molar refractivity (Wildman–Crippen MR) is 68.9 cm³/mol. The van der Waals surface area contributed by atoms with Gasteiger partial charge in [0.15, 0.2) is 0 Å². The largest absolute Gasteiger partial charge is 0.397 e. The van der Waals surface area contributed by atoms with Crippen LogP contribution in [0.4, 0.5) is 5.69 Å². The summed E-state index contributed by atoms with van der Waals surface area (Å²) in [5, 5.41) is 8.90. The number of nitrogens with one attached hydrogen (secondary N) is 1. The van der Waals surface area contributed by atoms with Crippen molar-refractivity contribution in [3.8, 4) is 11.8 Å². The van der Waals surface area contributed by atoms with E-state index in [0.29, 0.717) is 5.69 Å². The fourth-order valence-corrected chi connectivity index (χ4v) is 2.38. The van der Waals surface area contributed by atoms with Crippen LogP contribution in [0.3, 0.4) is 0 Å². The Balaban J connectivity index is 2.56. The van der Waals surface area contributed by atoms with E-state index in [2.05, 4.69) is 9.71 Å². The summed E-state index contributed by atoms with van der Waals surface area (Å²) >= 11 is 0. The van der Waals surface area contributed by atoms with Gasteiger partial charge in [-0.05, 0) is 25.2 Å². The van der Waals surface area contributed by atoms with E-state index in [4.69, 9.17) is 11.0 Å². The molecule has 0 saturated heterocycles. The third kappa shape index (κ3) is 2.29. The van der Waals surface area contributed by atoms with Crippen molar-refractivity contribution >= 4 is 15.7 Å². The highest BCUT2D eigenvalue weighted by molar-refractivity contribution is 7.89. The van der Waals surface area contributed by atoms with E-state index in [1.54, 1.807) is 6.20 Å². The minimum Gasteiger partial charge on any atom is -0.397 e. The molecule has 0 bridgehead atoms. The zero-order chi connectivity index (χ0) is 14.0. The number of nitrogen functional groups attached to an aromatic ring is 1. The van der Waals surface area contributed by atoms with Crippen LogP contribution in [0, 0.1) is 11.3 Å². The molecule has 0 fully saturated rings. The summed E-state index contributed by atoms with van der Waals surface area (Å²) in [6, 6.07) is 6.20. The number of hydrogen-bond acceptors (Lipinski definition) is 5. The molecular formula is C11H11N5O2S. The zero-order valence-corrected chi connectivity index (χ0v) is 10.8. The Morgan fingerprint density at radius 3 is 2.79 bits per heavy atom. The number of aromatic nitrogens is 2. The van der Waals surface area contributed by atoms with Gasteiger partial charge in [0.2, 0.25) is 15.8 Å². The first kappa shape index (κ1) is 13.1. The molecule has 0 amide bonds. The van der Waals surface area contributed by atoms with Crippen LogP contribution in [0.5, 0.6) is 0 Å². The van der Waals surface area contributed by atoms with Crippen molar-refractivity contribution in [2.24, 2.45) is 0 Å². The van der Waals surface area contributed by atoms with Crippen molar-refractivity contribution in [1.82, 2.24) is 14.3 Å². The van der Waals surface area contributed by atoms with E-state index in [1.807, 2.05) is 6.07 Å². The average molecular weight is 277 g/mol. The molecule has 0 aliphatic carbocycles. The Hall–Kier alpha value is -2.37. The first-order valence-electron chi connectivity index (χ1n) is 5.26. The molecule has 0 spiro atoms. The lowest BCUT2D eigenvalue weighted by Gasteiger charge is -2.09. The summed E-state index contributed by atoms with van der Waals surface area (Å²) in [5.74, 6) is 0.177. The second-order valence-electron chi connectivity index (χ2n) is 3.66. The van der Waals surface area contributed by atoms with Gasteiger partial charge in [-0.1, -0.05) is 0 Å². The van der Waals surface area contributed by atoms with E-state index in [-0.39, 0.29) is 16.4 Å². The molecule has 7 nitrogen and oxygen atoms in total. The smallest absolute Gasteiger partial charge is 0.240 e. The van der Waals surface area contributed by atoms with Gasteiger partial charge >= 0.3 is 0 Å². The summed E-state index contributed by atoms with van der Waals surface area (Å²) in [6.45, 7) is 0. The van der Waals surface area contributed by atoms with Crippen molar-refractivity contribution in [3.63, 3.8) is 0 Å². The van der Waals surface area contributed by atoms with Gasteiger partial charge < -0.3 is 5.73 Å². The summed E-state index contributed by atoms with van der Waals surface area (Å²) < 4.78 is 27.0. The Bertz CT molecular complexity index is 758. The molecule has 1 aromatic carbocycles. The van der Waals surface area contributed by atoms with E-state index >= 15 is 0 Å². The molecule has 0 saturated carbocycles. The van der Waals surface area contributed by atoms with Gasteiger partial charge in [0.25, 0.3) is 0 Å². The molecule has 0 unspecified atom stereocenters. The van der Waals surface area contributed by atoms with Gasteiger partial charge in [-0.2, -0.15) is 5.26 Å². The van der Waals surface area contributed by atoms with Crippen LogP contribution in [0.15, 0.2) is 35.5 Å². The third-order valence-electron chi connectivity index (χ3n) is 2.58. The van der Waals surface area contributed by atoms with Crippen LogP contribution >= 0.6 is 0 Å². The fraction of sp³-hybridized carbons (Fsp3) is 0.0909. The molecule has 19 heavy (non-hydrogen) atoms. The Kier molecular flexibility index (Phi) is 3.25. The lowest BCUT2D eigenvalue weighted by atomic mass is 10.2. The highest BCUT2D eigenvalue weighted by atomic mass is 32.2. The Morgan fingerprint density at radius 1 is 1.47 bits per heavy atom. The third-order valence-corrected chi connectivity index (χ3v) is 3.99. The van der Waals surface area contributed by atoms with Crippen LogP contribution in [-0.4, -0.2) is 25.0 Å². The SMILES string of the molecule is CNS(=O)(=O)c1ccc(-n2ccnc2C#N)c(N)c1. The number of nitrogens with two attached hydrogens (primary N) is 1. The van der Waals surface area contributed by atoms with Crippen molar-refractivity contribution in [2.45, 2.75) is 4.90 Å². The molecule has 0 atom stereocenters. The van der Waals surface area contributed by atoms with Crippen molar-refractivity contribution < 1.29 is 8.42 Å². The van der Waals surface area contributed by atoms with Crippen LogP contribution in [0.1, 0.15) is 5.82 Å². The normalized spacial score (nSPS) is 11.2. The first-order valence-corrected chi connectivity index (χ1v) is 6.75. The molecule has 0 radical (unpaired) electrons. The summed E-state index contributed by atoms with van der Waals surface area (Å²) in [7, 11) is -2.22. The number of hydrogen-bond donors (Lipinski definition) is 2. The number of imidazole rings is 1. The summed E-state index contributed by atoms with van der Waals surface area (Å²) in [4.78, 5) is 3.92. The maximum absolute atomic E-state index is 11.6. The molecule has 3 N–H and O–H groups in total. The standard InChI is InChI=1S/C11H11N5O2S/c1-14-19(17,18)8-2-3-10(9(13)6-8)16-5-4-15-11(16)7-12/h2-6,14H,13H2,1H3. The molecule has 8 heteroatoms. The highest BCUT2D eigenvalue weighted by Gasteiger charge is 2.14. The van der Waals surface area contributed by atoms with E-state index in [1.165, 1.54) is 36.0 Å². The average Bonchev–Trinajstić information content (AvgIpc) is 2.86. The highest BCUT2D eigenvalue weighted by Crippen LogP contribution is 2.22. The van der Waals surface area contributed by atoms with Gasteiger partial charge in [0.1, 0.15) is 6.07 Å². The monoisotopic (exact) mass is 277 g/mol. The predicted octanol–water partition coefficient (Wildman–Crippen LogP) is 0.234. The maximum Gasteiger partial charge on any atom is 0.240 e. The number of nitriles is 1. The van der Waals surface area contributed by atoms with E-state index in [9.17, 15) is 8.42 Å². The number of benzene rings is 1. The summed E-state index contributed by atoms with van der Waals surface area (Å²) in [6.07, 6.45) is 3.05. The van der Waals surface area contributed by atoms with Gasteiger partial charge in [-0.25, -0.2) is 18.1 Å². The zero-order valence-electron chi connectivity index (χ0n) is 10.0. The minimum atomic E-state index is -3.54. The fourth-order valence-electron chi connectivity index (χ4n) is 1.62. The molecule has 0 aliphatic heterocycles. The van der Waals surface area contributed by atoms with Crippen LogP contribution in [0.25, 0.3) is 5.69 Å². The van der Waals surface area contributed by atoms with E-state index in [0.717, 1.165) is 0 Å². The van der Waals surface area contributed by atoms with Gasteiger partial charge in [0.05, 0.1) is 16.3 Å². The van der Waals surface area contributed by atoms with Gasteiger partial charge in [-0.3, -0.25) is 4.57 Å². The molecule has 98 valence electrons. The van der Waals surface area contributed by atoms with Crippen molar-refractivity contribution in [3.05, 3.63) is 36.4 Å². The second kappa shape index (κ2) is 4.72. The number of sulfonamides is 1. The van der Waals surface area contributed by atoms with Crippen molar-refractivity contribution in [1.29, 1.82) is 5.26 Å². The van der Waals surface area contributed by atoms with E-state index < -0.39 is 10.0 Å². The lowest BCUT2D eigenvalue weighted by molar-refractivity contribution is 0.588. The van der Waals surface area contributed by atoms with Crippen LogP contribution in [-0.2, 0) is 10.0 Å². The first-order chi connectivity index (χ1) is 8.99. The lowest BCUT2D eigenvalue weighted by Crippen LogP contribution is -2.19. The van der Waals surface area contributed by atoms with Crippen molar-refractivity contribution in [2.75, 3.05) is 12.8 Å². The molecule has 1 heterocycles.